The van der Waals surface area contributed by atoms with E-state index in [1.165, 1.54) is 0 Å². The number of nitrogens with zero attached hydrogens (tertiary/aromatic N) is 1. The van der Waals surface area contributed by atoms with Crippen LogP contribution in [0.3, 0.4) is 0 Å². The summed E-state index contributed by atoms with van der Waals surface area (Å²) in [7, 11) is 0. The first-order chi connectivity index (χ1) is 15.2. The van der Waals surface area contributed by atoms with Crippen molar-refractivity contribution in [2.45, 2.75) is 12.0 Å². The van der Waals surface area contributed by atoms with E-state index in [2.05, 4.69) is 20.6 Å². The molecule has 1 heterocycles. The van der Waals surface area contributed by atoms with Crippen molar-refractivity contribution in [1.29, 1.82) is 0 Å². The van der Waals surface area contributed by atoms with E-state index < -0.39 is 24.5 Å². The minimum absolute atomic E-state index is 0.251. The normalized spacial score (nSPS) is 11.9. The summed E-state index contributed by atoms with van der Waals surface area (Å²) >= 11 is 0. The molecule has 7 heteroatoms. The Labute approximate surface area is 179 Å². The van der Waals surface area contributed by atoms with Crippen LogP contribution in [0.2, 0.25) is 0 Å². The summed E-state index contributed by atoms with van der Waals surface area (Å²) in [4.78, 5) is 33.2. The zero-order chi connectivity index (χ0) is 21.6. The van der Waals surface area contributed by atoms with Crippen molar-refractivity contribution < 1.29 is 14.7 Å². The first kappa shape index (κ1) is 20.3. The van der Waals surface area contributed by atoms with Crippen LogP contribution in [-0.4, -0.2) is 39.5 Å². The number of imidazole rings is 1. The number of aliphatic hydroxyl groups is 1. The monoisotopic (exact) mass is 414 g/mol. The Balaban J connectivity index is 1.52. The van der Waals surface area contributed by atoms with Crippen LogP contribution in [0, 0.1) is 0 Å². The van der Waals surface area contributed by atoms with Gasteiger partial charge < -0.3 is 15.4 Å². The standard InChI is InChI=1S/C24H22N4O3/c29-15-20(22(30)28-24-26-18-13-7-8-14-19(18)27-24)25-23(31)21(16-9-3-1-4-10-16)17-11-5-2-6-12-17/h1-14,20-21,29H,15H2,(H,25,31)(H2,26,27,28,30)/t20-/m0/s1. The highest BCUT2D eigenvalue weighted by Crippen LogP contribution is 2.25. The van der Waals surface area contributed by atoms with E-state index >= 15 is 0 Å². The van der Waals surface area contributed by atoms with Crippen LogP contribution in [0.1, 0.15) is 17.0 Å². The molecule has 0 aliphatic rings. The molecular formula is C24H22N4O3. The number of aliphatic hydroxyl groups excluding tert-OH is 1. The van der Waals surface area contributed by atoms with Crippen LogP contribution in [0.4, 0.5) is 5.95 Å². The molecule has 0 aliphatic heterocycles. The fourth-order valence-corrected chi connectivity index (χ4v) is 3.45. The Kier molecular flexibility index (Phi) is 6.05. The molecule has 4 N–H and O–H groups in total. The van der Waals surface area contributed by atoms with Gasteiger partial charge in [-0.05, 0) is 23.3 Å². The molecule has 0 aliphatic carbocycles. The second-order valence-corrected chi connectivity index (χ2v) is 7.09. The largest absolute Gasteiger partial charge is 0.394 e. The maximum Gasteiger partial charge on any atom is 0.251 e. The van der Waals surface area contributed by atoms with Gasteiger partial charge in [-0.15, -0.1) is 0 Å². The molecule has 0 spiro atoms. The van der Waals surface area contributed by atoms with Crippen LogP contribution in [0.25, 0.3) is 11.0 Å². The maximum absolute atomic E-state index is 13.2. The SMILES string of the molecule is O=C(N[C@@H](CO)C(=O)Nc1nc2ccccc2[nH]1)C(c1ccccc1)c1ccccc1. The van der Waals surface area contributed by atoms with Crippen molar-refractivity contribution in [1.82, 2.24) is 15.3 Å². The quantitative estimate of drug-likeness (QED) is 0.373. The Morgan fingerprint density at radius 2 is 1.42 bits per heavy atom. The molecule has 4 rings (SSSR count). The molecule has 0 bridgehead atoms. The minimum Gasteiger partial charge on any atom is -0.394 e. The number of nitrogens with one attached hydrogen (secondary N) is 3. The first-order valence-corrected chi connectivity index (χ1v) is 9.92. The number of H-pyrrole nitrogens is 1. The van der Waals surface area contributed by atoms with Crippen molar-refractivity contribution in [3.63, 3.8) is 0 Å². The third kappa shape index (κ3) is 4.62. The lowest BCUT2D eigenvalue weighted by Crippen LogP contribution is -2.48. The highest BCUT2D eigenvalue weighted by atomic mass is 16.3. The lowest BCUT2D eigenvalue weighted by molar-refractivity contribution is -0.127. The zero-order valence-corrected chi connectivity index (χ0v) is 16.7. The summed E-state index contributed by atoms with van der Waals surface area (Å²) in [5, 5.41) is 15.1. The molecule has 1 atom stereocenters. The molecule has 0 saturated carbocycles. The van der Waals surface area contributed by atoms with Gasteiger partial charge in [0.1, 0.15) is 6.04 Å². The van der Waals surface area contributed by atoms with Crippen LogP contribution in [0.15, 0.2) is 84.9 Å². The number of fused-ring (bicyclic) bond motifs is 1. The molecule has 0 unspecified atom stereocenters. The highest BCUT2D eigenvalue weighted by Gasteiger charge is 2.28. The molecule has 3 aromatic carbocycles. The minimum atomic E-state index is -1.13. The second kappa shape index (κ2) is 9.23. The average molecular weight is 414 g/mol. The number of hydrogen-bond acceptors (Lipinski definition) is 4. The number of hydrogen-bond donors (Lipinski definition) is 4. The first-order valence-electron chi connectivity index (χ1n) is 9.92. The van der Waals surface area contributed by atoms with E-state index in [1.807, 2.05) is 84.9 Å². The van der Waals surface area contributed by atoms with Gasteiger partial charge in [-0.25, -0.2) is 4.98 Å². The van der Waals surface area contributed by atoms with E-state index in [-0.39, 0.29) is 11.9 Å². The Morgan fingerprint density at radius 1 is 0.839 bits per heavy atom. The van der Waals surface area contributed by atoms with Crippen LogP contribution in [0.5, 0.6) is 0 Å². The van der Waals surface area contributed by atoms with Gasteiger partial charge in [0.25, 0.3) is 5.91 Å². The van der Waals surface area contributed by atoms with E-state index in [1.54, 1.807) is 0 Å². The summed E-state index contributed by atoms with van der Waals surface area (Å²) in [5.74, 6) is -1.30. The van der Waals surface area contributed by atoms with Crippen LogP contribution in [-0.2, 0) is 9.59 Å². The molecule has 0 radical (unpaired) electrons. The van der Waals surface area contributed by atoms with Crippen molar-refractivity contribution in [2.24, 2.45) is 0 Å². The van der Waals surface area contributed by atoms with Gasteiger partial charge in [-0.2, -0.15) is 0 Å². The lowest BCUT2D eigenvalue weighted by atomic mass is 9.90. The van der Waals surface area contributed by atoms with E-state index in [4.69, 9.17) is 0 Å². The summed E-state index contributed by atoms with van der Waals surface area (Å²) in [6, 6.07) is 24.9. The lowest BCUT2D eigenvalue weighted by Gasteiger charge is -2.21. The van der Waals surface area contributed by atoms with E-state index in [0.717, 1.165) is 16.6 Å². The predicted octanol–water partition coefficient (Wildman–Crippen LogP) is 2.81. The Hall–Kier alpha value is -3.97. The number of anilines is 1. The van der Waals surface area contributed by atoms with Crippen molar-refractivity contribution >= 4 is 28.8 Å². The molecule has 2 amide bonds. The summed E-state index contributed by atoms with van der Waals surface area (Å²) in [5.41, 5.74) is 3.06. The molecule has 31 heavy (non-hydrogen) atoms. The molecule has 4 aromatic rings. The predicted molar refractivity (Wildman–Crippen MR) is 118 cm³/mol. The smallest absolute Gasteiger partial charge is 0.251 e. The van der Waals surface area contributed by atoms with E-state index in [0.29, 0.717) is 5.52 Å². The van der Waals surface area contributed by atoms with Gasteiger partial charge in [-0.1, -0.05) is 72.8 Å². The van der Waals surface area contributed by atoms with Crippen LogP contribution < -0.4 is 10.6 Å². The third-order valence-corrected chi connectivity index (χ3v) is 4.97. The number of aromatic amines is 1. The van der Waals surface area contributed by atoms with Gasteiger partial charge in [0, 0.05) is 0 Å². The molecule has 156 valence electrons. The number of aromatic nitrogens is 2. The highest BCUT2D eigenvalue weighted by molar-refractivity contribution is 5.98. The Bertz CT molecular complexity index is 1100. The van der Waals surface area contributed by atoms with Crippen molar-refractivity contribution in [3.8, 4) is 0 Å². The summed E-state index contributed by atoms with van der Waals surface area (Å²) < 4.78 is 0. The molecule has 1 aromatic heterocycles. The number of benzene rings is 3. The molecule has 0 fully saturated rings. The summed E-state index contributed by atoms with van der Waals surface area (Å²) in [6.07, 6.45) is 0. The number of carbonyl (C=O) groups is 2. The zero-order valence-electron chi connectivity index (χ0n) is 16.7. The van der Waals surface area contributed by atoms with Gasteiger partial charge in [0.15, 0.2) is 0 Å². The number of rotatable bonds is 7. The van der Waals surface area contributed by atoms with Gasteiger partial charge in [0.2, 0.25) is 11.9 Å². The summed E-state index contributed by atoms with van der Waals surface area (Å²) in [6.45, 7) is -0.548. The Morgan fingerprint density at radius 3 is 2.00 bits per heavy atom. The maximum atomic E-state index is 13.2. The molecule has 7 nitrogen and oxygen atoms in total. The van der Waals surface area contributed by atoms with Crippen molar-refractivity contribution in [3.05, 3.63) is 96.1 Å². The van der Waals surface area contributed by atoms with Crippen molar-refractivity contribution in [2.75, 3.05) is 11.9 Å². The second-order valence-electron chi connectivity index (χ2n) is 7.09. The third-order valence-electron chi connectivity index (χ3n) is 4.97. The van der Waals surface area contributed by atoms with Crippen LogP contribution >= 0.6 is 0 Å². The number of carbonyl (C=O) groups excluding carboxylic acids is 2. The molecule has 0 saturated heterocycles. The number of para-hydroxylation sites is 2. The van der Waals surface area contributed by atoms with Gasteiger partial charge in [-0.3, -0.25) is 14.9 Å². The van der Waals surface area contributed by atoms with E-state index in [9.17, 15) is 14.7 Å². The van der Waals surface area contributed by atoms with Gasteiger partial charge >= 0.3 is 0 Å². The average Bonchev–Trinajstić information content (AvgIpc) is 3.21. The fraction of sp³-hybridized carbons (Fsp3) is 0.125. The topological polar surface area (TPSA) is 107 Å². The fourth-order valence-electron chi connectivity index (χ4n) is 3.45. The molecular weight excluding hydrogens is 392 g/mol. The van der Waals surface area contributed by atoms with Gasteiger partial charge in [0.05, 0.1) is 23.6 Å². The number of amides is 2.